The summed E-state index contributed by atoms with van der Waals surface area (Å²) in [4.78, 5) is 31.2. The van der Waals surface area contributed by atoms with Crippen molar-refractivity contribution in [2.24, 2.45) is 5.41 Å². The Morgan fingerprint density at radius 3 is 2.79 bits per heavy atom. The molecule has 1 atom stereocenters. The molecule has 0 bridgehead atoms. The molecule has 1 aliphatic carbocycles. The SMILES string of the molecule is N#CC1(C(=O)NC2CCCN(c3cccnc3)C2=O)CCCCC1. The summed E-state index contributed by atoms with van der Waals surface area (Å²) < 4.78 is 0. The average molecular weight is 326 g/mol. The first-order valence-corrected chi connectivity index (χ1v) is 8.60. The Kier molecular flexibility index (Phi) is 4.79. The van der Waals surface area contributed by atoms with Crippen LogP contribution >= 0.6 is 0 Å². The van der Waals surface area contributed by atoms with E-state index in [9.17, 15) is 14.9 Å². The predicted molar refractivity (Wildman–Crippen MR) is 88.9 cm³/mol. The van der Waals surface area contributed by atoms with E-state index in [0.29, 0.717) is 25.8 Å². The molecule has 1 unspecified atom stereocenters. The van der Waals surface area contributed by atoms with Gasteiger partial charge < -0.3 is 10.2 Å². The third-order valence-electron chi connectivity index (χ3n) is 5.06. The maximum atomic E-state index is 12.7. The largest absolute Gasteiger partial charge is 0.343 e. The van der Waals surface area contributed by atoms with Crippen molar-refractivity contribution < 1.29 is 9.59 Å². The first kappa shape index (κ1) is 16.4. The molecular formula is C18H22N4O2. The highest BCUT2D eigenvalue weighted by molar-refractivity contribution is 6.00. The van der Waals surface area contributed by atoms with Gasteiger partial charge in [-0.3, -0.25) is 14.6 Å². The van der Waals surface area contributed by atoms with Gasteiger partial charge in [0.05, 0.1) is 18.0 Å². The zero-order valence-electron chi connectivity index (χ0n) is 13.7. The number of rotatable bonds is 3. The van der Waals surface area contributed by atoms with Gasteiger partial charge in [-0.1, -0.05) is 19.3 Å². The summed E-state index contributed by atoms with van der Waals surface area (Å²) in [6.07, 6.45) is 8.76. The van der Waals surface area contributed by atoms with E-state index in [2.05, 4.69) is 16.4 Å². The molecule has 1 aromatic rings. The average Bonchev–Trinajstić information content (AvgIpc) is 2.64. The molecule has 0 spiro atoms. The molecular weight excluding hydrogens is 304 g/mol. The fourth-order valence-corrected chi connectivity index (χ4v) is 3.62. The molecule has 1 aliphatic heterocycles. The summed E-state index contributed by atoms with van der Waals surface area (Å²) in [6, 6.07) is 5.29. The number of amides is 2. The highest BCUT2D eigenvalue weighted by atomic mass is 16.2. The zero-order valence-corrected chi connectivity index (χ0v) is 13.7. The van der Waals surface area contributed by atoms with Crippen LogP contribution in [0.25, 0.3) is 0 Å². The van der Waals surface area contributed by atoms with Gasteiger partial charge in [0.1, 0.15) is 11.5 Å². The molecule has 6 nitrogen and oxygen atoms in total. The first-order valence-electron chi connectivity index (χ1n) is 8.60. The van der Waals surface area contributed by atoms with E-state index in [1.807, 2.05) is 6.07 Å². The van der Waals surface area contributed by atoms with Crippen LogP contribution in [-0.4, -0.2) is 29.4 Å². The Bertz CT molecular complexity index is 647. The summed E-state index contributed by atoms with van der Waals surface area (Å²) in [5.41, 5.74) is -0.219. The van der Waals surface area contributed by atoms with Crippen LogP contribution in [-0.2, 0) is 9.59 Å². The van der Waals surface area contributed by atoms with Gasteiger partial charge in [0.15, 0.2) is 0 Å². The molecule has 24 heavy (non-hydrogen) atoms. The lowest BCUT2D eigenvalue weighted by Crippen LogP contribution is -2.55. The molecule has 0 aromatic carbocycles. The minimum atomic E-state index is -0.963. The number of carbonyl (C=O) groups excluding carboxylic acids is 2. The zero-order chi connectivity index (χ0) is 17.0. The van der Waals surface area contributed by atoms with Crippen LogP contribution < -0.4 is 10.2 Å². The van der Waals surface area contributed by atoms with Crippen molar-refractivity contribution in [3.8, 4) is 6.07 Å². The Morgan fingerprint density at radius 2 is 2.12 bits per heavy atom. The van der Waals surface area contributed by atoms with Crippen molar-refractivity contribution in [1.29, 1.82) is 5.26 Å². The van der Waals surface area contributed by atoms with Gasteiger partial charge in [-0.2, -0.15) is 5.26 Å². The number of anilines is 1. The van der Waals surface area contributed by atoms with Gasteiger partial charge in [-0.15, -0.1) is 0 Å². The highest BCUT2D eigenvalue weighted by Gasteiger charge is 2.42. The van der Waals surface area contributed by atoms with E-state index in [0.717, 1.165) is 31.4 Å². The van der Waals surface area contributed by atoms with Gasteiger partial charge >= 0.3 is 0 Å². The van der Waals surface area contributed by atoms with Crippen molar-refractivity contribution in [2.45, 2.75) is 51.0 Å². The molecule has 126 valence electrons. The second-order valence-corrected chi connectivity index (χ2v) is 6.62. The molecule has 0 radical (unpaired) electrons. The van der Waals surface area contributed by atoms with Crippen molar-refractivity contribution in [3.63, 3.8) is 0 Å². The number of hydrogen-bond acceptors (Lipinski definition) is 4. The van der Waals surface area contributed by atoms with Crippen LogP contribution in [0.2, 0.25) is 0 Å². The van der Waals surface area contributed by atoms with Gasteiger partial charge in [0, 0.05) is 12.7 Å². The second-order valence-electron chi connectivity index (χ2n) is 6.62. The fraction of sp³-hybridized carbons (Fsp3) is 0.556. The topological polar surface area (TPSA) is 86.1 Å². The molecule has 2 fully saturated rings. The lowest BCUT2D eigenvalue weighted by atomic mass is 9.74. The first-order chi connectivity index (χ1) is 11.7. The van der Waals surface area contributed by atoms with E-state index in [1.54, 1.807) is 23.4 Å². The lowest BCUT2D eigenvalue weighted by molar-refractivity contribution is -0.134. The van der Waals surface area contributed by atoms with Crippen LogP contribution in [0.5, 0.6) is 0 Å². The third-order valence-corrected chi connectivity index (χ3v) is 5.06. The number of carbonyl (C=O) groups is 2. The Morgan fingerprint density at radius 1 is 1.33 bits per heavy atom. The van der Waals surface area contributed by atoms with E-state index in [1.165, 1.54) is 0 Å². The molecule has 2 heterocycles. The van der Waals surface area contributed by atoms with E-state index < -0.39 is 11.5 Å². The van der Waals surface area contributed by atoms with E-state index >= 15 is 0 Å². The smallest absolute Gasteiger partial charge is 0.249 e. The summed E-state index contributed by atoms with van der Waals surface area (Å²) in [7, 11) is 0. The van der Waals surface area contributed by atoms with Gasteiger partial charge in [-0.05, 0) is 37.8 Å². The molecule has 1 aromatic heterocycles. The van der Waals surface area contributed by atoms with Crippen LogP contribution in [0.1, 0.15) is 44.9 Å². The normalized spacial score (nSPS) is 23.4. The van der Waals surface area contributed by atoms with Gasteiger partial charge in [0.2, 0.25) is 11.8 Å². The lowest BCUT2D eigenvalue weighted by Gasteiger charge is -2.35. The molecule has 1 N–H and O–H groups in total. The molecule has 1 saturated heterocycles. The monoisotopic (exact) mass is 326 g/mol. The van der Waals surface area contributed by atoms with E-state index in [-0.39, 0.29) is 11.8 Å². The summed E-state index contributed by atoms with van der Waals surface area (Å²) in [5.74, 6) is -0.400. The predicted octanol–water partition coefficient (Wildman–Crippen LogP) is 2.17. The minimum absolute atomic E-state index is 0.119. The minimum Gasteiger partial charge on any atom is -0.343 e. The Balaban J connectivity index is 1.71. The number of nitrogens with zero attached hydrogens (tertiary/aromatic N) is 3. The number of nitrogens with one attached hydrogen (secondary N) is 1. The molecule has 2 amide bonds. The maximum Gasteiger partial charge on any atom is 0.249 e. The number of aromatic nitrogens is 1. The molecule has 3 rings (SSSR count). The summed E-state index contributed by atoms with van der Waals surface area (Å²) >= 11 is 0. The number of hydrogen-bond donors (Lipinski definition) is 1. The summed E-state index contributed by atoms with van der Waals surface area (Å²) in [6.45, 7) is 0.625. The highest BCUT2D eigenvalue weighted by Crippen LogP contribution is 2.36. The molecule has 2 aliphatic rings. The number of piperidine rings is 1. The van der Waals surface area contributed by atoms with Crippen molar-refractivity contribution in [2.75, 3.05) is 11.4 Å². The van der Waals surface area contributed by atoms with Crippen molar-refractivity contribution in [1.82, 2.24) is 10.3 Å². The number of pyridine rings is 1. The van der Waals surface area contributed by atoms with Crippen molar-refractivity contribution >= 4 is 17.5 Å². The van der Waals surface area contributed by atoms with E-state index in [4.69, 9.17) is 0 Å². The van der Waals surface area contributed by atoms with Crippen LogP contribution in [0.4, 0.5) is 5.69 Å². The fourth-order valence-electron chi connectivity index (χ4n) is 3.62. The Hall–Kier alpha value is -2.42. The third kappa shape index (κ3) is 3.12. The van der Waals surface area contributed by atoms with Crippen LogP contribution in [0, 0.1) is 16.7 Å². The summed E-state index contributed by atoms with van der Waals surface area (Å²) in [5, 5.41) is 12.4. The van der Waals surface area contributed by atoms with Crippen LogP contribution in [0.15, 0.2) is 24.5 Å². The standard InChI is InChI=1S/C18H22N4O2/c19-13-18(8-2-1-3-9-18)17(24)21-15-7-5-11-22(16(15)23)14-6-4-10-20-12-14/h4,6,10,12,15H,1-3,5,7-9,11H2,(H,21,24). The van der Waals surface area contributed by atoms with Gasteiger partial charge in [-0.25, -0.2) is 0 Å². The molecule has 6 heteroatoms. The Labute approximate surface area is 141 Å². The van der Waals surface area contributed by atoms with Crippen molar-refractivity contribution in [3.05, 3.63) is 24.5 Å². The quantitative estimate of drug-likeness (QED) is 0.922. The van der Waals surface area contributed by atoms with Crippen LogP contribution in [0.3, 0.4) is 0 Å². The molecule has 1 saturated carbocycles. The maximum absolute atomic E-state index is 12.7. The van der Waals surface area contributed by atoms with Gasteiger partial charge in [0.25, 0.3) is 0 Å². The second kappa shape index (κ2) is 7.00. The number of nitriles is 1.